The number of carbonyl (C=O) groups excluding carboxylic acids is 1. The van der Waals surface area contributed by atoms with Crippen molar-refractivity contribution in [2.75, 3.05) is 6.54 Å². The molecule has 1 aromatic rings. The summed E-state index contributed by atoms with van der Waals surface area (Å²) in [6.07, 6.45) is 1.43. The molecule has 0 fully saturated rings. The molecule has 8 heteroatoms. The summed E-state index contributed by atoms with van der Waals surface area (Å²) in [5.41, 5.74) is -2.00. The van der Waals surface area contributed by atoms with Crippen LogP contribution in [0.25, 0.3) is 0 Å². The van der Waals surface area contributed by atoms with E-state index < -0.39 is 24.1 Å². The zero-order chi connectivity index (χ0) is 12.9. The Morgan fingerprint density at radius 3 is 2.76 bits per heavy atom. The van der Waals surface area contributed by atoms with Gasteiger partial charge in [-0.05, 0) is 6.92 Å². The SMILES string of the molecule is CC(O)(CNC(=O)NCc1ccno1)C(=O)O. The second kappa shape index (κ2) is 5.30. The highest BCUT2D eigenvalue weighted by molar-refractivity contribution is 5.79. The highest BCUT2D eigenvalue weighted by Crippen LogP contribution is 2.00. The van der Waals surface area contributed by atoms with Gasteiger partial charge in [-0.25, -0.2) is 9.59 Å². The fourth-order valence-corrected chi connectivity index (χ4v) is 0.891. The van der Waals surface area contributed by atoms with Crippen molar-refractivity contribution in [2.24, 2.45) is 0 Å². The van der Waals surface area contributed by atoms with E-state index in [0.29, 0.717) is 5.76 Å². The van der Waals surface area contributed by atoms with Gasteiger partial charge in [-0.3, -0.25) is 0 Å². The Kier molecular flexibility index (Phi) is 4.05. The minimum absolute atomic E-state index is 0.126. The van der Waals surface area contributed by atoms with Crippen molar-refractivity contribution in [3.8, 4) is 0 Å². The fourth-order valence-electron chi connectivity index (χ4n) is 0.891. The maximum absolute atomic E-state index is 11.2. The number of nitrogens with zero attached hydrogens (tertiary/aromatic N) is 1. The molecule has 8 nitrogen and oxygen atoms in total. The number of rotatable bonds is 5. The molecule has 0 aliphatic rings. The molecular weight excluding hydrogens is 230 g/mol. The van der Waals surface area contributed by atoms with Crippen LogP contribution in [0.15, 0.2) is 16.8 Å². The lowest BCUT2D eigenvalue weighted by atomic mass is 10.1. The van der Waals surface area contributed by atoms with Gasteiger partial charge in [0.1, 0.15) is 0 Å². The predicted molar refractivity (Wildman–Crippen MR) is 55.0 cm³/mol. The molecule has 1 rings (SSSR count). The number of hydrogen-bond acceptors (Lipinski definition) is 5. The van der Waals surface area contributed by atoms with Crippen LogP contribution in [0, 0.1) is 0 Å². The molecular formula is C9H13N3O5. The molecule has 1 atom stereocenters. The first-order chi connectivity index (χ1) is 7.92. The van der Waals surface area contributed by atoms with Crippen molar-refractivity contribution in [3.63, 3.8) is 0 Å². The lowest BCUT2D eigenvalue weighted by Crippen LogP contribution is -2.48. The Hall–Kier alpha value is -2.09. The van der Waals surface area contributed by atoms with Crippen LogP contribution in [0.2, 0.25) is 0 Å². The average Bonchev–Trinajstić information content (AvgIpc) is 2.76. The number of amides is 2. The Morgan fingerprint density at radius 2 is 2.24 bits per heavy atom. The molecule has 17 heavy (non-hydrogen) atoms. The van der Waals surface area contributed by atoms with Crippen molar-refractivity contribution in [1.29, 1.82) is 0 Å². The molecule has 2 amide bonds. The molecule has 1 aromatic heterocycles. The zero-order valence-corrected chi connectivity index (χ0v) is 9.14. The van der Waals surface area contributed by atoms with Crippen LogP contribution in [-0.2, 0) is 11.3 Å². The van der Waals surface area contributed by atoms with Crippen LogP contribution in [-0.4, -0.2) is 39.5 Å². The minimum Gasteiger partial charge on any atom is -0.479 e. The smallest absolute Gasteiger partial charge is 0.337 e. The van der Waals surface area contributed by atoms with Gasteiger partial charge in [-0.1, -0.05) is 5.16 Å². The Morgan fingerprint density at radius 1 is 1.53 bits per heavy atom. The molecule has 1 heterocycles. The molecule has 4 N–H and O–H groups in total. The third-order valence-electron chi connectivity index (χ3n) is 1.97. The quantitative estimate of drug-likeness (QED) is 0.542. The number of urea groups is 1. The summed E-state index contributed by atoms with van der Waals surface area (Å²) in [5.74, 6) is -0.946. The minimum atomic E-state index is -2.00. The van der Waals surface area contributed by atoms with Crippen LogP contribution in [0.1, 0.15) is 12.7 Å². The molecule has 0 bridgehead atoms. The van der Waals surface area contributed by atoms with E-state index in [4.69, 9.17) is 9.63 Å². The van der Waals surface area contributed by atoms with E-state index in [1.54, 1.807) is 6.07 Å². The molecule has 0 saturated carbocycles. The first-order valence-corrected chi connectivity index (χ1v) is 4.79. The summed E-state index contributed by atoms with van der Waals surface area (Å²) in [7, 11) is 0. The third kappa shape index (κ3) is 4.11. The van der Waals surface area contributed by atoms with Crippen molar-refractivity contribution in [2.45, 2.75) is 19.1 Å². The van der Waals surface area contributed by atoms with E-state index in [9.17, 15) is 14.7 Å². The second-order valence-electron chi connectivity index (χ2n) is 3.59. The highest BCUT2D eigenvalue weighted by atomic mass is 16.5. The maximum Gasteiger partial charge on any atom is 0.337 e. The van der Waals surface area contributed by atoms with Crippen LogP contribution in [0.4, 0.5) is 4.79 Å². The monoisotopic (exact) mass is 243 g/mol. The number of aromatic nitrogens is 1. The summed E-state index contributed by atoms with van der Waals surface area (Å²) >= 11 is 0. The zero-order valence-electron chi connectivity index (χ0n) is 9.14. The second-order valence-corrected chi connectivity index (χ2v) is 3.59. The molecule has 94 valence electrons. The van der Waals surface area contributed by atoms with Gasteiger partial charge in [0, 0.05) is 6.07 Å². The lowest BCUT2D eigenvalue weighted by Gasteiger charge is -2.18. The van der Waals surface area contributed by atoms with Gasteiger partial charge in [0.15, 0.2) is 11.4 Å². The largest absolute Gasteiger partial charge is 0.479 e. The van der Waals surface area contributed by atoms with Crippen LogP contribution in [0.3, 0.4) is 0 Å². The van der Waals surface area contributed by atoms with E-state index in [1.807, 2.05) is 0 Å². The molecule has 0 aliphatic carbocycles. The van der Waals surface area contributed by atoms with E-state index >= 15 is 0 Å². The van der Waals surface area contributed by atoms with E-state index in [1.165, 1.54) is 6.20 Å². The normalized spacial score (nSPS) is 13.8. The Balaban J connectivity index is 2.28. The number of aliphatic hydroxyl groups is 1. The maximum atomic E-state index is 11.2. The van der Waals surface area contributed by atoms with Gasteiger partial charge in [0.25, 0.3) is 0 Å². The predicted octanol–water partition coefficient (Wildman–Crippen LogP) is -0.691. The summed E-state index contributed by atoms with van der Waals surface area (Å²) in [6, 6.07) is 0.969. The van der Waals surface area contributed by atoms with Crippen LogP contribution < -0.4 is 10.6 Å². The van der Waals surface area contributed by atoms with Crippen molar-refractivity contribution >= 4 is 12.0 Å². The average molecular weight is 243 g/mol. The summed E-state index contributed by atoms with van der Waals surface area (Å²) < 4.78 is 4.73. The van der Waals surface area contributed by atoms with Gasteiger partial charge >= 0.3 is 12.0 Å². The van der Waals surface area contributed by atoms with Crippen molar-refractivity contribution < 1.29 is 24.3 Å². The van der Waals surface area contributed by atoms with Crippen molar-refractivity contribution in [1.82, 2.24) is 15.8 Å². The first-order valence-electron chi connectivity index (χ1n) is 4.79. The Labute approximate surface area is 96.6 Å². The summed E-state index contributed by atoms with van der Waals surface area (Å²) in [6.45, 7) is 0.817. The Bertz CT molecular complexity index is 387. The summed E-state index contributed by atoms with van der Waals surface area (Å²) in [4.78, 5) is 21.8. The van der Waals surface area contributed by atoms with E-state index in [-0.39, 0.29) is 6.54 Å². The number of carboxylic acid groups (broad SMARTS) is 1. The third-order valence-corrected chi connectivity index (χ3v) is 1.97. The number of hydrogen-bond donors (Lipinski definition) is 4. The topological polar surface area (TPSA) is 125 Å². The highest BCUT2D eigenvalue weighted by Gasteiger charge is 2.30. The lowest BCUT2D eigenvalue weighted by molar-refractivity contribution is -0.155. The van der Waals surface area contributed by atoms with Gasteiger partial charge in [0.05, 0.1) is 19.3 Å². The molecule has 0 aromatic carbocycles. The van der Waals surface area contributed by atoms with Gasteiger partial charge < -0.3 is 25.4 Å². The number of carbonyl (C=O) groups is 2. The van der Waals surface area contributed by atoms with Gasteiger partial charge in [0.2, 0.25) is 0 Å². The van der Waals surface area contributed by atoms with Crippen molar-refractivity contribution in [3.05, 3.63) is 18.0 Å². The van der Waals surface area contributed by atoms with Crippen LogP contribution >= 0.6 is 0 Å². The molecule has 0 radical (unpaired) electrons. The molecule has 0 aliphatic heterocycles. The first kappa shape index (κ1) is 13.0. The molecule has 1 unspecified atom stereocenters. The number of aliphatic carboxylic acids is 1. The van der Waals surface area contributed by atoms with Gasteiger partial charge in [-0.2, -0.15) is 0 Å². The molecule has 0 spiro atoms. The number of carboxylic acids is 1. The van der Waals surface area contributed by atoms with E-state index in [0.717, 1.165) is 6.92 Å². The van der Waals surface area contributed by atoms with Gasteiger partial charge in [-0.15, -0.1) is 0 Å². The fraction of sp³-hybridized carbons (Fsp3) is 0.444. The number of nitrogens with one attached hydrogen (secondary N) is 2. The van der Waals surface area contributed by atoms with Crippen LogP contribution in [0.5, 0.6) is 0 Å². The van der Waals surface area contributed by atoms with E-state index in [2.05, 4.69) is 15.8 Å². The molecule has 0 saturated heterocycles. The standard InChI is InChI=1S/C9H13N3O5/c1-9(16,7(13)14)5-11-8(15)10-4-6-2-3-12-17-6/h2-3,16H,4-5H2,1H3,(H,13,14)(H2,10,11,15). The summed E-state index contributed by atoms with van der Waals surface area (Å²) in [5, 5.41) is 26.0.